The summed E-state index contributed by atoms with van der Waals surface area (Å²) in [5, 5.41) is 12.2. The van der Waals surface area contributed by atoms with Gasteiger partial charge in [-0.05, 0) is 49.9 Å². The summed E-state index contributed by atoms with van der Waals surface area (Å²) >= 11 is 0. The fraction of sp³-hybridized carbons (Fsp3) is 0.350. The Bertz CT molecular complexity index is 771. The molecule has 25 heavy (non-hydrogen) atoms. The zero-order valence-corrected chi connectivity index (χ0v) is 14.4. The lowest BCUT2D eigenvalue weighted by molar-refractivity contribution is 0.0945. The zero-order chi connectivity index (χ0) is 17.6. The zero-order valence-electron chi connectivity index (χ0n) is 14.4. The molecule has 0 atom stereocenters. The van der Waals surface area contributed by atoms with Crippen molar-refractivity contribution in [2.75, 3.05) is 24.5 Å². The highest BCUT2D eigenvalue weighted by Gasteiger charge is 2.22. The van der Waals surface area contributed by atoms with Crippen molar-refractivity contribution in [2.24, 2.45) is 5.92 Å². The second-order valence-electron chi connectivity index (χ2n) is 6.49. The molecule has 1 amide bonds. The molecule has 1 aliphatic rings. The third-order valence-corrected chi connectivity index (χ3v) is 4.69. The number of carbonyl (C=O) groups excluding carboxylic acids is 1. The quantitative estimate of drug-likeness (QED) is 0.933. The minimum Gasteiger partial charge on any atom is -0.356 e. The molecule has 1 aliphatic heterocycles. The first-order chi connectivity index (χ1) is 12.2. The lowest BCUT2D eigenvalue weighted by Gasteiger charge is -2.33. The van der Waals surface area contributed by atoms with Crippen LogP contribution in [-0.2, 0) is 0 Å². The smallest absolute Gasteiger partial charge is 0.251 e. The predicted octanol–water partition coefficient (Wildman–Crippen LogP) is 2.91. The van der Waals surface area contributed by atoms with Gasteiger partial charge in [0.05, 0.1) is 5.56 Å². The van der Waals surface area contributed by atoms with Gasteiger partial charge in [0.1, 0.15) is 11.9 Å². The lowest BCUT2D eigenvalue weighted by Crippen LogP contribution is -2.39. The maximum atomic E-state index is 12.2. The van der Waals surface area contributed by atoms with Crippen LogP contribution in [-0.4, -0.2) is 30.5 Å². The van der Waals surface area contributed by atoms with E-state index in [1.165, 1.54) is 0 Å². The van der Waals surface area contributed by atoms with Gasteiger partial charge >= 0.3 is 0 Å². The van der Waals surface area contributed by atoms with E-state index in [0.717, 1.165) is 37.3 Å². The van der Waals surface area contributed by atoms with Gasteiger partial charge in [-0.3, -0.25) is 4.79 Å². The minimum absolute atomic E-state index is 0.0149. The number of pyridine rings is 1. The van der Waals surface area contributed by atoms with Crippen LogP contribution < -0.4 is 10.2 Å². The van der Waals surface area contributed by atoms with Crippen LogP contribution in [0.3, 0.4) is 0 Å². The second-order valence-corrected chi connectivity index (χ2v) is 6.49. The van der Waals surface area contributed by atoms with Crippen molar-refractivity contribution in [3.05, 3.63) is 59.3 Å². The van der Waals surface area contributed by atoms with Crippen LogP contribution in [0.5, 0.6) is 0 Å². The van der Waals surface area contributed by atoms with E-state index in [9.17, 15) is 10.1 Å². The molecule has 3 rings (SSSR count). The highest BCUT2D eigenvalue weighted by atomic mass is 16.1. The molecule has 1 N–H and O–H groups in total. The first kappa shape index (κ1) is 17.0. The van der Waals surface area contributed by atoms with Gasteiger partial charge in [0.2, 0.25) is 0 Å². The number of hydrogen-bond acceptors (Lipinski definition) is 4. The molecule has 0 aliphatic carbocycles. The Morgan fingerprint density at radius 1 is 1.28 bits per heavy atom. The van der Waals surface area contributed by atoms with E-state index >= 15 is 0 Å². The summed E-state index contributed by atoms with van der Waals surface area (Å²) in [6.07, 6.45) is 3.69. The van der Waals surface area contributed by atoms with Crippen LogP contribution in [0.2, 0.25) is 0 Å². The first-order valence-electron chi connectivity index (χ1n) is 8.62. The molecule has 128 valence electrons. The van der Waals surface area contributed by atoms with Gasteiger partial charge in [-0.1, -0.05) is 17.7 Å². The van der Waals surface area contributed by atoms with Crippen LogP contribution in [0.15, 0.2) is 42.6 Å². The maximum Gasteiger partial charge on any atom is 0.251 e. The topological polar surface area (TPSA) is 69.0 Å². The molecular weight excluding hydrogens is 312 g/mol. The summed E-state index contributed by atoms with van der Waals surface area (Å²) in [6.45, 7) is 4.41. The average Bonchev–Trinajstić information content (AvgIpc) is 2.67. The van der Waals surface area contributed by atoms with E-state index in [4.69, 9.17) is 0 Å². The number of benzene rings is 1. The Balaban J connectivity index is 1.50. The third kappa shape index (κ3) is 4.16. The Labute approximate surface area is 148 Å². The number of nitriles is 1. The molecule has 0 radical (unpaired) electrons. The number of nitrogens with zero attached hydrogens (tertiary/aromatic N) is 3. The van der Waals surface area contributed by atoms with E-state index in [-0.39, 0.29) is 5.91 Å². The number of rotatable bonds is 4. The van der Waals surface area contributed by atoms with Crippen molar-refractivity contribution in [1.82, 2.24) is 10.3 Å². The minimum atomic E-state index is -0.0149. The Morgan fingerprint density at radius 2 is 2.00 bits per heavy atom. The lowest BCUT2D eigenvalue weighted by atomic mass is 9.96. The Hall–Kier alpha value is -2.87. The molecule has 1 aromatic heterocycles. The molecule has 0 spiro atoms. The van der Waals surface area contributed by atoms with E-state index in [0.29, 0.717) is 23.6 Å². The van der Waals surface area contributed by atoms with Crippen LogP contribution >= 0.6 is 0 Å². The highest BCUT2D eigenvalue weighted by molar-refractivity contribution is 5.94. The van der Waals surface area contributed by atoms with Crippen molar-refractivity contribution in [3.8, 4) is 6.07 Å². The van der Waals surface area contributed by atoms with Gasteiger partial charge in [-0.15, -0.1) is 0 Å². The molecule has 1 aromatic carbocycles. The van der Waals surface area contributed by atoms with Gasteiger partial charge < -0.3 is 10.2 Å². The van der Waals surface area contributed by atoms with Crippen molar-refractivity contribution in [3.63, 3.8) is 0 Å². The highest BCUT2D eigenvalue weighted by Crippen LogP contribution is 2.23. The number of aryl methyl sites for hydroxylation is 1. The van der Waals surface area contributed by atoms with Crippen LogP contribution in [0.4, 0.5) is 5.82 Å². The molecule has 5 nitrogen and oxygen atoms in total. The fourth-order valence-corrected chi connectivity index (χ4v) is 3.13. The molecule has 1 saturated heterocycles. The summed E-state index contributed by atoms with van der Waals surface area (Å²) in [6, 6.07) is 13.4. The largest absolute Gasteiger partial charge is 0.356 e. The van der Waals surface area contributed by atoms with Crippen molar-refractivity contribution < 1.29 is 4.79 Å². The number of amides is 1. The van der Waals surface area contributed by atoms with E-state index < -0.39 is 0 Å². The van der Waals surface area contributed by atoms with Gasteiger partial charge in [0.15, 0.2) is 0 Å². The monoisotopic (exact) mass is 334 g/mol. The SMILES string of the molecule is Cc1ccc(C(=O)NCC2CCN(c3ncccc3C#N)CC2)cc1. The van der Waals surface area contributed by atoms with Gasteiger partial charge in [-0.25, -0.2) is 4.98 Å². The molecule has 0 bridgehead atoms. The summed E-state index contributed by atoms with van der Waals surface area (Å²) in [4.78, 5) is 18.7. The average molecular weight is 334 g/mol. The third-order valence-electron chi connectivity index (χ3n) is 4.69. The molecule has 1 fully saturated rings. The second kappa shape index (κ2) is 7.80. The van der Waals surface area contributed by atoms with Crippen LogP contribution in [0.25, 0.3) is 0 Å². The normalized spacial score (nSPS) is 14.8. The van der Waals surface area contributed by atoms with Crippen molar-refractivity contribution in [2.45, 2.75) is 19.8 Å². The van der Waals surface area contributed by atoms with Crippen molar-refractivity contribution >= 4 is 11.7 Å². The molecule has 0 unspecified atom stereocenters. The maximum absolute atomic E-state index is 12.2. The molecular formula is C20H22N4O. The number of aromatic nitrogens is 1. The fourth-order valence-electron chi connectivity index (χ4n) is 3.13. The van der Waals surface area contributed by atoms with Crippen LogP contribution in [0.1, 0.15) is 34.3 Å². The van der Waals surface area contributed by atoms with Crippen molar-refractivity contribution in [1.29, 1.82) is 5.26 Å². The standard InChI is InChI=1S/C20H22N4O/c1-15-4-6-17(7-5-15)20(25)23-14-16-8-11-24(12-9-16)19-18(13-21)3-2-10-22-19/h2-7,10,16H,8-9,11-12,14H2,1H3,(H,23,25). The molecule has 5 heteroatoms. The Kier molecular flexibility index (Phi) is 5.30. The summed E-state index contributed by atoms with van der Waals surface area (Å²) in [5.74, 6) is 1.21. The molecule has 0 saturated carbocycles. The van der Waals surface area contributed by atoms with Crippen LogP contribution in [0, 0.1) is 24.2 Å². The van der Waals surface area contributed by atoms with E-state index in [1.807, 2.05) is 31.2 Å². The van der Waals surface area contributed by atoms with E-state index in [1.54, 1.807) is 18.3 Å². The summed E-state index contributed by atoms with van der Waals surface area (Å²) < 4.78 is 0. The number of piperidine rings is 1. The number of nitrogens with one attached hydrogen (secondary N) is 1. The van der Waals surface area contributed by atoms with Gasteiger partial charge in [-0.2, -0.15) is 5.26 Å². The predicted molar refractivity (Wildman–Crippen MR) is 97.4 cm³/mol. The number of carbonyl (C=O) groups is 1. The Morgan fingerprint density at radius 3 is 2.68 bits per heavy atom. The van der Waals surface area contributed by atoms with Gasteiger partial charge in [0.25, 0.3) is 5.91 Å². The molecule has 2 heterocycles. The van der Waals surface area contributed by atoms with Gasteiger partial charge in [0, 0.05) is 31.4 Å². The summed E-state index contributed by atoms with van der Waals surface area (Å²) in [7, 11) is 0. The summed E-state index contributed by atoms with van der Waals surface area (Å²) in [5.41, 5.74) is 2.47. The number of hydrogen-bond donors (Lipinski definition) is 1. The first-order valence-corrected chi connectivity index (χ1v) is 8.62. The number of anilines is 1. The van der Waals surface area contributed by atoms with E-state index in [2.05, 4.69) is 21.3 Å². The molecule has 2 aromatic rings.